The third-order valence-corrected chi connectivity index (χ3v) is 3.68. The summed E-state index contributed by atoms with van der Waals surface area (Å²) in [6.07, 6.45) is 0.960. The second-order valence-electron chi connectivity index (χ2n) is 4.45. The molecule has 6 heteroatoms. The topological polar surface area (TPSA) is 71.1 Å². The molecule has 5 nitrogen and oxygen atoms in total. The molecule has 0 spiro atoms. The number of hydrogen-bond acceptors (Lipinski definition) is 4. The highest BCUT2D eigenvalue weighted by Gasteiger charge is 2.25. The largest absolute Gasteiger partial charge is 0.409 e. The highest BCUT2D eigenvalue weighted by atomic mass is 35.5. The van der Waals surface area contributed by atoms with Gasteiger partial charge in [-0.3, -0.25) is 0 Å². The Hall–Kier alpha value is -1.46. The minimum atomic E-state index is 0.0296. The van der Waals surface area contributed by atoms with Gasteiger partial charge in [0.1, 0.15) is 0 Å². The van der Waals surface area contributed by atoms with Crippen molar-refractivity contribution in [1.82, 2.24) is 0 Å². The zero-order valence-corrected chi connectivity index (χ0v) is 11.6. The Bertz CT molecular complexity index is 479. The Morgan fingerprint density at radius 2 is 2.42 bits per heavy atom. The lowest BCUT2D eigenvalue weighted by molar-refractivity contribution is 0.0930. The number of rotatable bonds is 3. The predicted molar refractivity (Wildman–Crippen MR) is 76.2 cm³/mol. The Morgan fingerprint density at radius 3 is 3.11 bits per heavy atom. The molecule has 1 atom stereocenters. The lowest BCUT2D eigenvalue weighted by Crippen LogP contribution is -2.46. The maximum Gasteiger partial charge on any atom is 0.173 e. The van der Waals surface area contributed by atoms with Gasteiger partial charge in [-0.1, -0.05) is 29.7 Å². The van der Waals surface area contributed by atoms with Crippen molar-refractivity contribution >= 4 is 23.1 Å². The van der Waals surface area contributed by atoms with Gasteiger partial charge in [-0.2, -0.15) is 0 Å². The Kier molecular flexibility index (Phi) is 4.50. The van der Waals surface area contributed by atoms with Crippen molar-refractivity contribution < 1.29 is 9.94 Å². The summed E-state index contributed by atoms with van der Waals surface area (Å²) in [5.41, 5.74) is 7.21. The lowest BCUT2D eigenvalue weighted by atomic mass is 10.1. The molecule has 19 heavy (non-hydrogen) atoms. The van der Waals surface area contributed by atoms with Crippen molar-refractivity contribution in [2.45, 2.75) is 19.4 Å². The summed E-state index contributed by atoms with van der Waals surface area (Å²) in [5, 5.41) is 12.5. The molecule has 0 saturated carbocycles. The van der Waals surface area contributed by atoms with Crippen LogP contribution in [0.4, 0.5) is 5.69 Å². The first kappa shape index (κ1) is 14.0. The van der Waals surface area contributed by atoms with Gasteiger partial charge in [0.25, 0.3) is 0 Å². The first-order chi connectivity index (χ1) is 9.19. The molecule has 1 aromatic carbocycles. The van der Waals surface area contributed by atoms with Crippen LogP contribution in [0, 0.1) is 0 Å². The van der Waals surface area contributed by atoms with E-state index in [9.17, 15) is 0 Å². The van der Waals surface area contributed by atoms with Crippen LogP contribution in [0.5, 0.6) is 0 Å². The van der Waals surface area contributed by atoms with E-state index in [2.05, 4.69) is 17.0 Å². The highest BCUT2D eigenvalue weighted by Crippen LogP contribution is 2.30. The highest BCUT2D eigenvalue weighted by molar-refractivity contribution is 6.34. The van der Waals surface area contributed by atoms with Crippen molar-refractivity contribution in [2.75, 3.05) is 24.7 Å². The summed E-state index contributed by atoms with van der Waals surface area (Å²) in [6, 6.07) is 5.82. The zero-order chi connectivity index (χ0) is 13.8. The Labute approximate surface area is 117 Å². The molecular formula is C13H18ClN3O2. The van der Waals surface area contributed by atoms with Crippen molar-refractivity contribution in [3.05, 3.63) is 28.8 Å². The molecule has 2 rings (SSSR count). The van der Waals surface area contributed by atoms with Gasteiger partial charge in [0.2, 0.25) is 0 Å². The van der Waals surface area contributed by atoms with Gasteiger partial charge in [0.05, 0.1) is 29.8 Å². The van der Waals surface area contributed by atoms with Crippen LogP contribution >= 0.6 is 11.6 Å². The molecule has 0 bridgehead atoms. The third kappa shape index (κ3) is 2.77. The summed E-state index contributed by atoms with van der Waals surface area (Å²) in [4.78, 5) is 2.21. The molecule has 1 unspecified atom stereocenters. The van der Waals surface area contributed by atoms with Crippen LogP contribution in [-0.4, -0.2) is 36.8 Å². The number of oxime groups is 1. The fourth-order valence-corrected chi connectivity index (χ4v) is 2.63. The zero-order valence-electron chi connectivity index (χ0n) is 10.8. The van der Waals surface area contributed by atoms with Crippen LogP contribution in [0.2, 0.25) is 5.02 Å². The number of anilines is 1. The summed E-state index contributed by atoms with van der Waals surface area (Å²) < 4.78 is 5.50. The number of ether oxygens (including phenoxy) is 1. The Balaban J connectivity index is 2.46. The average molecular weight is 284 g/mol. The van der Waals surface area contributed by atoms with Gasteiger partial charge >= 0.3 is 0 Å². The molecule has 1 heterocycles. The number of nitrogens with two attached hydrogens (primary N) is 1. The van der Waals surface area contributed by atoms with Gasteiger partial charge in [0.15, 0.2) is 5.84 Å². The molecule has 0 aliphatic carbocycles. The standard InChI is InChI=1S/C13H18ClN3O2/c1-2-9-8-19-7-6-17(9)11-5-3-4-10(14)12(11)13(15)16-18/h3-5,9,18H,2,6-8H2,1H3,(H2,15,16). The van der Waals surface area contributed by atoms with Crippen molar-refractivity contribution in [2.24, 2.45) is 10.9 Å². The molecule has 0 aromatic heterocycles. The number of nitrogens with zero attached hydrogens (tertiary/aromatic N) is 2. The van der Waals surface area contributed by atoms with Gasteiger partial charge in [-0.15, -0.1) is 0 Å². The first-order valence-corrected chi connectivity index (χ1v) is 6.67. The second-order valence-corrected chi connectivity index (χ2v) is 4.86. The molecule has 104 valence electrons. The van der Waals surface area contributed by atoms with Gasteiger partial charge in [0, 0.05) is 12.2 Å². The first-order valence-electron chi connectivity index (χ1n) is 6.29. The van der Waals surface area contributed by atoms with Crippen LogP contribution in [0.3, 0.4) is 0 Å². The van der Waals surface area contributed by atoms with E-state index in [1.165, 1.54) is 0 Å². The summed E-state index contributed by atoms with van der Waals surface area (Å²) in [5.74, 6) is 0.0296. The molecule has 0 radical (unpaired) electrons. The second kappa shape index (κ2) is 6.12. The molecule has 1 fully saturated rings. The minimum Gasteiger partial charge on any atom is -0.409 e. The fraction of sp³-hybridized carbons (Fsp3) is 0.462. The maximum atomic E-state index is 8.92. The van der Waals surface area contributed by atoms with E-state index in [4.69, 9.17) is 27.3 Å². The molecule has 3 N–H and O–H groups in total. The lowest BCUT2D eigenvalue weighted by Gasteiger charge is -2.38. The molecular weight excluding hydrogens is 266 g/mol. The van der Waals surface area contributed by atoms with E-state index in [0.29, 0.717) is 23.8 Å². The van der Waals surface area contributed by atoms with Gasteiger partial charge in [-0.05, 0) is 18.6 Å². The summed E-state index contributed by atoms with van der Waals surface area (Å²) >= 11 is 6.18. The summed E-state index contributed by atoms with van der Waals surface area (Å²) in [6.45, 7) is 4.22. The quantitative estimate of drug-likeness (QED) is 0.385. The van der Waals surface area contributed by atoms with E-state index < -0.39 is 0 Å². The van der Waals surface area contributed by atoms with Gasteiger partial charge < -0.3 is 20.6 Å². The van der Waals surface area contributed by atoms with E-state index in [-0.39, 0.29) is 11.9 Å². The van der Waals surface area contributed by atoms with Crippen molar-refractivity contribution in [3.8, 4) is 0 Å². The predicted octanol–water partition coefficient (Wildman–Crippen LogP) is 2.05. The number of amidine groups is 1. The number of hydrogen-bond donors (Lipinski definition) is 2. The molecule has 0 amide bonds. The van der Waals surface area contributed by atoms with Crippen LogP contribution < -0.4 is 10.6 Å². The van der Waals surface area contributed by atoms with Crippen LogP contribution in [0.15, 0.2) is 23.4 Å². The molecule has 1 saturated heterocycles. The van der Waals surface area contributed by atoms with E-state index in [1.807, 2.05) is 12.1 Å². The van der Waals surface area contributed by atoms with Crippen LogP contribution in [0.1, 0.15) is 18.9 Å². The van der Waals surface area contributed by atoms with Crippen LogP contribution in [0.25, 0.3) is 0 Å². The normalized spacial score (nSPS) is 20.6. The smallest absolute Gasteiger partial charge is 0.173 e. The third-order valence-electron chi connectivity index (χ3n) is 3.36. The SMILES string of the molecule is CCC1COCCN1c1cccc(Cl)c1C(N)=NO. The van der Waals surface area contributed by atoms with E-state index in [1.54, 1.807) is 6.07 Å². The minimum absolute atomic E-state index is 0.0296. The number of halogens is 1. The Morgan fingerprint density at radius 1 is 1.63 bits per heavy atom. The van der Waals surface area contributed by atoms with Crippen LogP contribution in [-0.2, 0) is 4.74 Å². The monoisotopic (exact) mass is 283 g/mol. The average Bonchev–Trinajstić information content (AvgIpc) is 2.46. The van der Waals surface area contributed by atoms with Gasteiger partial charge in [-0.25, -0.2) is 0 Å². The fourth-order valence-electron chi connectivity index (χ4n) is 2.37. The van der Waals surface area contributed by atoms with Crippen molar-refractivity contribution in [1.29, 1.82) is 0 Å². The number of benzene rings is 1. The molecule has 1 aromatic rings. The van der Waals surface area contributed by atoms with E-state index >= 15 is 0 Å². The maximum absolute atomic E-state index is 8.92. The molecule has 1 aliphatic heterocycles. The summed E-state index contributed by atoms with van der Waals surface area (Å²) in [7, 11) is 0. The van der Waals surface area contributed by atoms with E-state index in [0.717, 1.165) is 18.7 Å². The number of morpholine rings is 1. The molecule has 1 aliphatic rings. The van der Waals surface area contributed by atoms with Crippen molar-refractivity contribution in [3.63, 3.8) is 0 Å².